The number of fused-ring (bicyclic) bond motifs is 2. The van der Waals surface area contributed by atoms with E-state index in [0.29, 0.717) is 11.8 Å². The minimum atomic E-state index is -0.101. The lowest BCUT2D eigenvalue weighted by atomic mass is 9.87. The fourth-order valence-electron chi connectivity index (χ4n) is 2.67. The summed E-state index contributed by atoms with van der Waals surface area (Å²) in [6.45, 7) is 0.276. The molecule has 2 saturated carbocycles. The summed E-state index contributed by atoms with van der Waals surface area (Å²) >= 11 is 0. The molecule has 0 aromatic carbocycles. The molecule has 4 atom stereocenters. The first-order chi connectivity index (χ1) is 4.81. The maximum absolute atomic E-state index is 9.41. The van der Waals surface area contributed by atoms with Gasteiger partial charge in [0, 0.05) is 6.61 Å². The monoisotopic (exact) mass is 142 g/mol. The van der Waals surface area contributed by atoms with Gasteiger partial charge in [0.1, 0.15) is 0 Å². The highest BCUT2D eigenvalue weighted by atomic mass is 16.3. The quantitative estimate of drug-likeness (QED) is 0.556. The van der Waals surface area contributed by atoms with Crippen LogP contribution in [-0.2, 0) is 0 Å². The second-order valence-electron chi connectivity index (χ2n) is 3.75. The Bertz CT molecular complexity index is 133. The van der Waals surface area contributed by atoms with E-state index >= 15 is 0 Å². The van der Waals surface area contributed by atoms with Crippen molar-refractivity contribution < 1.29 is 10.2 Å². The molecule has 2 aliphatic carbocycles. The van der Waals surface area contributed by atoms with Crippen LogP contribution in [-0.4, -0.2) is 22.9 Å². The molecular formula is C8H14O2. The number of aliphatic hydroxyl groups is 2. The zero-order chi connectivity index (χ0) is 7.14. The second kappa shape index (κ2) is 2.21. The van der Waals surface area contributed by atoms with Crippen LogP contribution in [0.25, 0.3) is 0 Å². The molecule has 2 nitrogen and oxygen atoms in total. The van der Waals surface area contributed by atoms with Gasteiger partial charge >= 0.3 is 0 Å². The van der Waals surface area contributed by atoms with Crippen LogP contribution < -0.4 is 0 Å². The van der Waals surface area contributed by atoms with E-state index < -0.39 is 0 Å². The Morgan fingerprint density at radius 1 is 1.20 bits per heavy atom. The third kappa shape index (κ3) is 0.789. The number of hydrogen-bond acceptors (Lipinski definition) is 2. The second-order valence-corrected chi connectivity index (χ2v) is 3.75. The molecule has 2 rings (SSSR count). The molecule has 0 saturated heterocycles. The van der Waals surface area contributed by atoms with Crippen molar-refractivity contribution in [1.29, 1.82) is 0 Å². The Kier molecular flexibility index (Phi) is 1.46. The number of hydrogen-bond donors (Lipinski definition) is 2. The van der Waals surface area contributed by atoms with Gasteiger partial charge < -0.3 is 10.2 Å². The summed E-state index contributed by atoms with van der Waals surface area (Å²) in [4.78, 5) is 0. The first-order valence-corrected chi connectivity index (χ1v) is 4.10. The van der Waals surface area contributed by atoms with Crippen LogP contribution in [0.15, 0.2) is 0 Å². The highest BCUT2D eigenvalue weighted by molar-refractivity contribution is 4.94. The van der Waals surface area contributed by atoms with Gasteiger partial charge in [-0.05, 0) is 37.0 Å². The number of rotatable bonds is 1. The average Bonchev–Trinajstić information content (AvgIpc) is 2.44. The lowest BCUT2D eigenvalue weighted by Gasteiger charge is -2.23. The van der Waals surface area contributed by atoms with Crippen molar-refractivity contribution in [2.45, 2.75) is 25.4 Å². The molecule has 0 aromatic heterocycles. The van der Waals surface area contributed by atoms with E-state index in [0.717, 1.165) is 25.2 Å². The summed E-state index contributed by atoms with van der Waals surface area (Å²) in [6, 6.07) is 0. The first-order valence-electron chi connectivity index (χ1n) is 4.10. The summed E-state index contributed by atoms with van der Waals surface area (Å²) < 4.78 is 0. The van der Waals surface area contributed by atoms with Gasteiger partial charge in [0.05, 0.1) is 6.10 Å². The Morgan fingerprint density at radius 2 is 2.00 bits per heavy atom. The molecule has 2 fully saturated rings. The third-order valence-corrected chi connectivity index (χ3v) is 3.15. The van der Waals surface area contributed by atoms with Crippen molar-refractivity contribution >= 4 is 0 Å². The van der Waals surface area contributed by atoms with Gasteiger partial charge in [0.15, 0.2) is 0 Å². The van der Waals surface area contributed by atoms with Gasteiger partial charge in [-0.3, -0.25) is 0 Å². The van der Waals surface area contributed by atoms with Gasteiger partial charge in [0.25, 0.3) is 0 Å². The fraction of sp³-hybridized carbons (Fsp3) is 1.00. The van der Waals surface area contributed by atoms with Gasteiger partial charge in [-0.15, -0.1) is 0 Å². The van der Waals surface area contributed by atoms with Crippen LogP contribution in [0.3, 0.4) is 0 Å². The first kappa shape index (κ1) is 6.62. The summed E-state index contributed by atoms with van der Waals surface area (Å²) in [7, 11) is 0. The lowest BCUT2D eigenvalue weighted by Crippen LogP contribution is -2.26. The molecule has 0 amide bonds. The molecule has 58 valence electrons. The molecule has 0 unspecified atom stereocenters. The number of aliphatic hydroxyl groups excluding tert-OH is 2. The van der Waals surface area contributed by atoms with E-state index in [1.165, 1.54) is 0 Å². The van der Waals surface area contributed by atoms with E-state index in [1.54, 1.807) is 0 Å². The van der Waals surface area contributed by atoms with E-state index in [-0.39, 0.29) is 12.7 Å². The smallest absolute Gasteiger partial charge is 0.0574 e. The van der Waals surface area contributed by atoms with E-state index in [4.69, 9.17) is 5.11 Å². The highest BCUT2D eigenvalue weighted by Crippen LogP contribution is 2.47. The van der Waals surface area contributed by atoms with Crippen LogP contribution in [0, 0.1) is 17.8 Å². The SMILES string of the molecule is OC[C@@H]1C[C@@H]2C[C@H]1[C@@H](O)C2. The topological polar surface area (TPSA) is 40.5 Å². The molecular weight excluding hydrogens is 128 g/mol. The van der Waals surface area contributed by atoms with Gasteiger partial charge in [-0.2, -0.15) is 0 Å². The standard InChI is InChI=1S/C8H14O2/c9-4-6-1-5-2-7(6)8(10)3-5/h5-10H,1-4H2/t5-,6+,7-,8+/m1/s1. The Morgan fingerprint density at radius 3 is 2.40 bits per heavy atom. The lowest BCUT2D eigenvalue weighted by molar-refractivity contribution is 0.0560. The summed E-state index contributed by atoms with van der Waals surface area (Å²) in [5.41, 5.74) is 0. The molecule has 2 heteroatoms. The van der Waals surface area contributed by atoms with Crippen molar-refractivity contribution in [3.8, 4) is 0 Å². The van der Waals surface area contributed by atoms with Crippen LogP contribution in [0.4, 0.5) is 0 Å². The summed E-state index contributed by atoms with van der Waals surface area (Å²) in [5, 5.41) is 18.3. The van der Waals surface area contributed by atoms with Crippen LogP contribution in [0.5, 0.6) is 0 Å². The van der Waals surface area contributed by atoms with Crippen molar-refractivity contribution in [3.05, 3.63) is 0 Å². The maximum Gasteiger partial charge on any atom is 0.0574 e. The van der Waals surface area contributed by atoms with Crippen molar-refractivity contribution in [2.24, 2.45) is 17.8 Å². The predicted molar refractivity (Wildman–Crippen MR) is 37.4 cm³/mol. The third-order valence-electron chi connectivity index (χ3n) is 3.15. The van der Waals surface area contributed by atoms with Crippen molar-refractivity contribution in [3.63, 3.8) is 0 Å². The zero-order valence-corrected chi connectivity index (χ0v) is 6.03. The molecule has 0 radical (unpaired) electrons. The Balaban J connectivity index is 2.06. The average molecular weight is 142 g/mol. The Hall–Kier alpha value is -0.0800. The van der Waals surface area contributed by atoms with E-state index in [2.05, 4.69) is 0 Å². The van der Waals surface area contributed by atoms with Gasteiger partial charge in [0.2, 0.25) is 0 Å². The largest absolute Gasteiger partial charge is 0.396 e. The fourth-order valence-corrected chi connectivity index (χ4v) is 2.67. The molecule has 2 N–H and O–H groups in total. The molecule has 0 spiro atoms. The minimum absolute atomic E-state index is 0.101. The van der Waals surface area contributed by atoms with Crippen molar-refractivity contribution in [1.82, 2.24) is 0 Å². The van der Waals surface area contributed by atoms with E-state index in [9.17, 15) is 5.11 Å². The van der Waals surface area contributed by atoms with Crippen LogP contribution in [0.1, 0.15) is 19.3 Å². The molecule has 2 bridgehead atoms. The predicted octanol–water partition coefficient (Wildman–Crippen LogP) is 0.386. The van der Waals surface area contributed by atoms with Gasteiger partial charge in [-0.1, -0.05) is 0 Å². The van der Waals surface area contributed by atoms with E-state index in [1.807, 2.05) is 0 Å². The summed E-state index contributed by atoms with van der Waals surface area (Å²) in [6.07, 6.45) is 3.20. The zero-order valence-electron chi connectivity index (χ0n) is 6.03. The Labute approximate surface area is 60.9 Å². The maximum atomic E-state index is 9.41. The van der Waals surface area contributed by atoms with Crippen LogP contribution in [0.2, 0.25) is 0 Å². The van der Waals surface area contributed by atoms with Gasteiger partial charge in [-0.25, -0.2) is 0 Å². The molecule has 0 heterocycles. The highest BCUT2D eigenvalue weighted by Gasteiger charge is 2.44. The molecule has 10 heavy (non-hydrogen) atoms. The van der Waals surface area contributed by atoms with Crippen LogP contribution >= 0.6 is 0 Å². The normalized spacial score (nSPS) is 52.2. The molecule has 2 aliphatic rings. The minimum Gasteiger partial charge on any atom is -0.396 e. The molecule has 0 aromatic rings. The molecule has 0 aliphatic heterocycles. The summed E-state index contributed by atoms with van der Waals surface area (Å²) in [5.74, 6) is 1.56. The van der Waals surface area contributed by atoms with Crippen molar-refractivity contribution in [2.75, 3.05) is 6.61 Å².